The molecule has 1 unspecified atom stereocenters. The quantitative estimate of drug-likeness (QED) is 0.694. The van der Waals surface area contributed by atoms with Gasteiger partial charge in [0.05, 0.1) is 0 Å². The van der Waals surface area contributed by atoms with E-state index in [1.165, 1.54) is 0 Å². The van der Waals surface area contributed by atoms with Gasteiger partial charge in [0.1, 0.15) is 6.04 Å². The highest BCUT2D eigenvalue weighted by molar-refractivity contribution is 5.82. The second-order valence-electron chi connectivity index (χ2n) is 3.59. The van der Waals surface area contributed by atoms with Gasteiger partial charge in [0.25, 0.3) is 0 Å². The highest BCUT2D eigenvalue weighted by Gasteiger charge is 2.10. The number of aromatic nitrogens is 1. The van der Waals surface area contributed by atoms with Gasteiger partial charge in [-0.1, -0.05) is 13.3 Å². The van der Waals surface area contributed by atoms with E-state index in [0.29, 0.717) is 0 Å². The summed E-state index contributed by atoms with van der Waals surface area (Å²) in [6.45, 7) is 4.71. The maximum absolute atomic E-state index is 11.6. The summed E-state index contributed by atoms with van der Waals surface area (Å²) in [7, 11) is 0. The molecule has 84 valence electrons. The number of nitrogens with one attached hydrogen (secondary N) is 2. The molecule has 4 nitrogen and oxygen atoms in total. The summed E-state index contributed by atoms with van der Waals surface area (Å²) in [5, 5.41) is 2.88. The Morgan fingerprint density at radius 3 is 2.67 bits per heavy atom. The van der Waals surface area contributed by atoms with Crippen LogP contribution in [0.15, 0.2) is 24.5 Å². The Morgan fingerprint density at radius 2 is 2.07 bits per heavy atom. The molecule has 1 amide bonds. The molecule has 0 aromatic carbocycles. The van der Waals surface area contributed by atoms with Crippen LogP contribution in [0.3, 0.4) is 0 Å². The molecule has 0 aliphatic heterocycles. The third-order valence-corrected chi connectivity index (χ3v) is 2.17. The van der Waals surface area contributed by atoms with E-state index in [4.69, 9.17) is 0 Å². The molecule has 0 aliphatic carbocycles. The monoisotopic (exact) mass is 209 g/mol. The first-order chi connectivity index (χ1) is 7.24. The van der Waals surface area contributed by atoms with Gasteiger partial charge in [-0.2, -0.15) is 0 Å². The average molecular weight is 209 g/mol. The highest BCUT2D eigenvalue weighted by atomic mass is 16.2. The van der Waals surface area contributed by atoms with Crippen LogP contribution in [0.25, 0.3) is 0 Å². The van der Waals surface area contributed by atoms with Crippen molar-refractivity contribution in [1.29, 1.82) is 0 Å². The van der Waals surface area contributed by atoms with Crippen molar-refractivity contribution in [1.82, 2.24) is 9.99 Å². The highest BCUT2D eigenvalue weighted by Crippen LogP contribution is 1.91. The summed E-state index contributed by atoms with van der Waals surface area (Å²) >= 11 is 0. The number of unbranched alkanes of at least 4 members (excludes halogenated alkanes) is 1. The molecule has 0 radical (unpaired) electrons. The predicted molar refractivity (Wildman–Crippen MR) is 61.2 cm³/mol. The SMILES string of the molecule is CCCCNC(=O)C(C)Nn1cccc1. The van der Waals surface area contributed by atoms with E-state index in [-0.39, 0.29) is 11.9 Å². The predicted octanol–water partition coefficient (Wildman–Crippen LogP) is 1.34. The van der Waals surface area contributed by atoms with E-state index >= 15 is 0 Å². The maximum Gasteiger partial charge on any atom is 0.243 e. The number of hydrogen-bond donors (Lipinski definition) is 2. The Bertz CT molecular complexity index is 282. The van der Waals surface area contributed by atoms with Gasteiger partial charge in [-0.05, 0) is 25.5 Å². The Kier molecular flexibility index (Phi) is 4.74. The summed E-state index contributed by atoms with van der Waals surface area (Å²) in [6.07, 6.45) is 5.87. The number of carbonyl (C=O) groups is 1. The van der Waals surface area contributed by atoms with Crippen molar-refractivity contribution in [2.24, 2.45) is 0 Å². The smallest absolute Gasteiger partial charge is 0.243 e. The summed E-state index contributed by atoms with van der Waals surface area (Å²) in [4.78, 5) is 11.6. The average Bonchev–Trinajstić information content (AvgIpc) is 2.70. The minimum Gasteiger partial charge on any atom is -0.354 e. The molecule has 0 saturated heterocycles. The van der Waals surface area contributed by atoms with Crippen LogP contribution >= 0.6 is 0 Å². The van der Waals surface area contributed by atoms with Crippen LogP contribution < -0.4 is 10.7 Å². The lowest BCUT2D eigenvalue weighted by atomic mass is 10.3. The fourth-order valence-electron chi connectivity index (χ4n) is 1.24. The number of nitrogens with zero attached hydrogens (tertiary/aromatic N) is 1. The van der Waals surface area contributed by atoms with E-state index in [0.717, 1.165) is 19.4 Å². The summed E-state index contributed by atoms with van der Waals surface area (Å²) < 4.78 is 1.78. The van der Waals surface area contributed by atoms with Crippen molar-refractivity contribution < 1.29 is 4.79 Å². The van der Waals surface area contributed by atoms with E-state index < -0.39 is 0 Å². The van der Waals surface area contributed by atoms with Gasteiger partial charge in [0.2, 0.25) is 5.91 Å². The van der Waals surface area contributed by atoms with Crippen molar-refractivity contribution >= 4 is 5.91 Å². The molecule has 0 spiro atoms. The molecule has 0 aliphatic rings. The molecule has 15 heavy (non-hydrogen) atoms. The van der Waals surface area contributed by atoms with Gasteiger partial charge < -0.3 is 10.7 Å². The largest absolute Gasteiger partial charge is 0.354 e. The van der Waals surface area contributed by atoms with Crippen LogP contribution in [0.2, 0.25) is 0 Å². The first-order valence-corrected chi connectivity index (χ1v) is 5.41. The number of amides is 1. The molecule has 1 atom stereocenters. The van der Waals surface area contributed by atoms with Crippen LogP contribution in [-0.4, -0.2) is 23.2 Å². The van der Waals surface area contributed by atoms with E-state index in [2.05, 4.69) is 17.7 Å². The molecule has 4 heteroatoms. The second-order valence-corrected chi connectivity index (χ2v) is 3.59. The van der Waals surface area contributed by atoms with Crippen molar-refractivity contribution in [3.05, 3.63) is 24.5 Å². The van der Waals surface area contributed by atoms with Gasteiger partial charge in [0.15, 0.2) is 0 Å². The zero-order valence-corrected chi connectivity index (χ0v) is 9.36. The minimum atomic E-state index is -0.214. The topological polar surface area (TPSA) is 46.1 Å². The van der Waals surface area contributed by atoms with Crippen LogP contribution in [0.1, 0.15) is 26.7 Å². The fourth-order valence-corrected chi connectivity index (χ4v) is 1.24. The van der Waals surface area contributed by atoms with Gasteiger partial charge >= 0.3 is 0 Å². The van der Waals surface area contributed by atoms with Crippen molar-refractivity contribution in [2.75, 3.05) is 12.0 Å². The molecule has 1 aromatic rings. The molecule has 2 N–H and O–H groups in total. The van der Waals surface area contributed by atoms with Gasteiger partial charge in [-0.3, -0.25) is 9.47 Å². The van der Waals surface area contributed by atoms with Gasteiger partial charge in [-0.25, -0.2) is 0 Å². The second kappa shape index (κ2) is 6.11. The number of rotatable bonds is 6. The zero-order chi connectivity index (χ0) is 11.1. The zero-order valence-electron chi connectivity index (χ0n) is 9.36. The molecule has 1 rings (SSSR count). The molecular formula is C11H19N3O. The van der Waals surface area contributed by atoms with Crippen LogP contribution in [0.5, 0.6) is 0 Å². The Morgan fingerprint density at radius 1 is 1.40 bits per heavy atom. The molecule has 1 heterocycles. The maximum atomic E-state index is 11.6. The van der Waals surface area contributed by atoms with Crippen LogP contribution in [0, 0.1) is 0 Å². The van der Waals surface area contributed by atoms with Gasteiger partial charge in [0, 0.05) is 18.9 Å². The van der Waals surface area contributed by atoms with Crippen LogP contribution in [0.4, 0.5) is 0 Å². The molecular weight excluding hydrogens is 190 g/mol. The van der Waals surface area contributed by atoms with Crippen molar-refractivity contribution in [3.8, 4) is 0 Å². The van der Waals surface area contributed by atoms with E-state index in [9.17, 15) is 4.79 Å². The molecule has 0 saturated carbocycles. The van der Waals surface area contributed by atoms with Crippen LogP contribution in [-0.2, 0) is 4.79 Å². The summed E-state index contributed by atoms with van der Waals surface area (Å²) in [6, 6.07) is 3.61. The standard InChI is InChI=1S/C11H19N3O/c1-3-4-7-12-11(15)10(2)13-14-8-5-6-9-14/h5-6,8-10,13H,3-4,7H2,1-2H3,(H,12,15). The third-order valence-electron chi connectivity index (χ3n) is 2.17. The lowest BCUT2D eigenvalue weighted by Crippen LogP contribution is -2.40. The summed E-state index contributed by atoms with van der Waals surface area (Å²) in [5.41, 5.74) is 3.05. The third kappa shape index (κ3) is 4.06. The Labute approximate surface area is 90.6 Å². The molecule has 1 aromatic heterocycles. The van der Waals surface area contributed by atoms with E-state index in [1.807, 2.05) is 31.5 Å². The van der Waals surface area contributed by atoms with Crippen molar-refractivity contribution in [2.45, 2.75) is 32.7 Å². The molecule has 0 fully saturated rings. The number of carbonyl (C=O) groups excluding carboxylic acids is 1. The Balaban J connectivity index is 2.27. The Hall–Kier alpha value is -1.45. The number of hydrogen-bond acceptors (Lipinski definition) is 2. The normalized spacial score (nSPS) is 12.1. The summed E-state index contributed by atoms with van der Waals surface area (Å²) in [5.74, 6) is 0.0390. The van der Waals surface area contributed by atoms with Crippen molar-refractivity contribution in [3.63, 3.8) is 0 Å². The van der Waals surface area contributed by atoms with Gasteiger partial charge in [-0.15, -0.1) is 0 Å². The lowest BCUT2D eigenvalue weighted by Gasteiger charge is -2.15. The minimum absolute atomic E-state index is 0.0390. The first-order valence-electron chi connectivity index (χ1n) is 5.41. The fraction of sp³-hybridized carbons (Fsp3) is 0.545. The van der Waals surface area contributed by atoms with E-state index in [1.54, 1.807) is 4.68 Å². The molecule has 0 bridgehead atoms. The first kappa shape index (κ1) is 11.6. The lowest BCUT2D eigenvalue weighted by molar-refractivity contribution is -0.121.